The van der Waals surface area contributed by atoms with Crippen LogP contribution in [0.3, 0.4) is 0 Å². The molecule has 0 spiro atoms. The van der Waals surface area contributed by atoms with E-state index in [9.17, 15) is 0 Å². The van der Waals surface area contributed by atoms with Gasteiger partial charge in [-0.05, 0) is 56.0 Å². The van der Waals surface area contributed by atoms with Crippen molar-refractivity contribution in [1.82, 2.24) is 15.0 Å². The van der Waals surface area contributed by atoms with Crippen LogP contribution in [-0.4, -0.2) is 47.4 Å². The van der Waals surface area contributed by atoms with Gasteiger partial charge in [-0.3, -0.25) is 4.90 Å². The highest BCUT2D eigenvalue weighted by molar-refractivity contribution is 5.59. The standard InChI is InChI=1S/C19H23N3O3/c1-2-16(22(8-1)15-6-9-23-10-7-15)19-20-18(21-25-19)14-3-4-17-13(12-14)5-11-24-17/h3-4,12,15-16H,1-2,5-11H2. The van der Waals surface area contributed by atoms with Gasteiger partial charge in [0.2, 0.25) is 11.7 Å². The Labute approximate surface area is 147 Å². The fourth-order valence-electron chi connectivity index (χ4n) is 4.32. The van der Waals surface area contributed by atoms with Gasteiger partial charge in [0, 0.05) is 31.2 Å². The minimum absolute atomic E-state index is 0.252. The molecular formula is C19H23N3O3. The highest BCUT2D eigenvalue weighted by Crippen LogP contribution is 2.36. The Morgan fingerprint density at radius 1 is 1.08 bits per heavy atom. The molecule has 2 saturated heterocycles. The number of fused-ring (bicyclic) bond motifs is 1. The van der Waals surface area contributed by atoms with Crippen LogP contribution in [0.15, 0.2) is 22.7 Å². The molecule has 5 rings (SSSR count). The summed E-state index contributed by atoms with van der Waals surface area (Å²) in [6, 6.07) is 6.99. The first-order valence-electron chi connectivity index (χ1n) is 9.32. The SMILES string of the molecule is c1cc2c(cc1-c1noc(C3CCCN3C3CCOCC3)n1)CCO2. The van der Waals surface area contributed by atoms with E-state index in [4.69, 9.17) is 19.0 Å². The highest BCUT2D eigenvalue weighted by Gasteiger charge is 2.36. The monoisotopic (exact) mass is 341 g/mol. The lowest BCUT2D eigenvalue weighted by atomic mass is 10.1. The maximum atomic E-state index is 5.68. The second-order valence-corrected chi connectivity index (χ2v) is 7.12. The second-order valence-electron chi connectivity index (χ2n) is 7.12. The summed E-state index contributed by atoms with van der Waals surface area (Å²) in [5, 5.41) is 4.26. The zero-order chi connectivity index (χ0) is 16.6. The summed E-state index contributed by atoms with van der Waals surface area (Å²) in [6.45, 7) is 3.60. The summed E-state index contributed by atoms with van der Waals surface area (Å²) < 4.78 is 16.8. The Hall–Kier alpha value is -1.92. The van der Waals surface area contributed by atoms with Crippen LogP contribution in [0.25, 0.3) is 11.4 Å². The smallest absolute Gasteiger partial charge is 0.244 e. The van der Waals surface area contributed by atoms with Crippen LogP contribution in [0.5, 0.6) is 5.75 Å². The maximum Gasteiger partial charge on any atom is 0.244 e. The van der Waals surface area contributed by atoms with Gasteiger partial charge in [-0.2, -0.15) is 4.98 Å². The third kappa shape index (κ3) is 2.83. The van der Waals surface area contributed by atoms with Gasteiger partial charge in [0.1, 0.15) is 5.75 Å². The molecule has 1 atom stereocenters. The van der Waals surface area contributed by atoms with E-state index in [1.54, 1.807) is 0 Å². The number of benzene rings is 1. The Morgan fingerprint density at radius 3 is 2.92 bits per heavy atom. The van der Waals surface area contributed by atoms with E-state index in [0.29, 0.717) is 11.9 Å². The summed E-state index contributed by atoms with van der Waals surface area (Å²) in [5.74, 6) is 2.42. The first kappa shape index (κ1) is 15.3. The Morgan fingerprint density at radius 2 is 2.00 bits per heavy atom. The van der Waals surface area contributed by atoms with E-state index in [0.717, 1.165) is 69.3 Å². The van der Waals surface area contributed by atoms with E-state index in [2.05, 4.69) is 16.1 Å². The van der Waals surface area contributed by atoms with Crippen LogP contribution < -0.4 is 4.74 Å². The zero-order valence-corrected chi connectivity index (χ0v) is 14.3. The molecule has 0 radical (unpaired) electrons. The molecule has 6 heteroatoms. The first-order chi connectivity index (χ1) is 12.4. The number of likely N-dealkylation sites (tertiary alicyclic amines) is 1. The van der Waals surface area contributed by atoms with Gasteiger partial charge in [0.05, 0.1) is 12.6 Å². The highest BCUT2D eigenvalue weighted by atomic mass is 16.5. The van der Waals surface area contributed by atoms with Crippen molar-refractivity contribution in [3.63, 3.8) is 0 Å². The van der Waals surface area contributed by atoms with Crippen molar-refractivity contribution in [2.45, 2.75) is 44.2 Å². The largest absolute Gasteiger partial charge is 0.493 e. The molecular weight excluding hydrogens is 318 g/mol. The van der Waals surface area contributed by atoms with Crippen molar-refractivity contribution in [3.8, 4) is 17.1 Å². The van der Waals surface area contributed by atoms with Gasteiger partial charge in [0.25, 0.3) is 0 Å². The van der Waals surface area contributed by atoms with Gasteiger partial charge in [-0.25, -0.2) is 0 Å². The van der Waals surface area contributed by atoms with E-state index in [-0.39, 0.29) is 6.04 Å². The van der Waals surface area contributed by atoms with Gasteiger partial charge >= 0.3 is 0 Å². The number of rotatable bonds is 3. The molecule has 25 heavy (non-hydrogen) atoms. The summed E-state index contributed by atoms with van der Waals surface area (Å²) in [7, 11) is 0. The molecule has 2 fully saturated rings. The Bertz CT molecular complexity index is 754. The Kier molecular flexibility index (Phi) is 3.94. The molecule has 1 aromatic carbocycles. The van der Waals surface area contributed by atoms with Gasteiger partial charge in [0.15, 0.2) is 0 Å². The molecule has 6 nitrogen and oxygen atoms in total. The van der Waals surface area contributed by atoms with Crippen LogP contribution in [0.1, 0.15) is 43.2 Å². The van der Waals surface area contributed by atoms with Crippen molar-refractivity contribution in [2.75, 3.05) is 26.4 Å². The molecule has 3 aliphatic rings. The minimum Gasteiger partial charge on any atom is -0.493 e. The molecule has 1 aromatic heterocycles. The summed E-state index contributed by atoms with van der Waals surface area (Å²) in [5.41, 5.74) is 2.24. The third-order valence-corrected chi connectivity index (χ3v) is 5.63. The average Bonchev–Trinajstić information content (AvgIpc) is 3.40. The molecule has 4 heterocycles. The zero-order valence-electron chi connectivity index (χ0n) is 14.3. The van der Waals surface area contributed by atoms with Crippen LogP contribution in [0.2, 0.25) is 0 Å². The molecule has 0 amide bonds. The molecule has 0 aliphatic carbocycles. The maximum absolute atomic E-state index is 5.68. The number of aromatic nitrogens is 2. The number of nitrogens with zero attached hydrogens (tertiary/aromatic N) is 3. The van der Waals surface area contributed by atoms with Crippen LogP contribution in [0, 0.1) is 0 Å². The molecule has 132 valence electrons. The van der Waals surface area contributed by atoms with Crippen molar-refractivity contribution in [3.05, 3.63) is 29.7 Å². The molecule has 0 bridgehead atoms. The van der Waals surface area contributed by atoms with Crippen LogP contribution in [-0.2, 0) is 11.2 Å². The van der Waals surface area contributed by atoms with Crippen molar-refractivity contribution >= 4 is 0 Å². The summed E-state index contributed by atoms with van der Waals surface area (Å²) >= 11 is 0. The van der Waals surface area contributed by atoms with Crippen molar-refractivity contribution in [1.29, 1.82) is 0 Å². The predicted octanol–water partition coefficient (Wildman–Crippen LogP) is 2.99. The number of ether oxygens (including phenoxy) is 2. The van der Waals surface area contributed by atoms with E-state index >= 15 is 0 Å². The first-order valence-corrected chi connectivity index (χ1v) is 9.32. The van der Waals surface area contributed by atoms with Gasteiger partial charge in [-0.15, -0.1) is 0 Å². The topological polar surface area (TPSA) is 60.6 Å². The minimum atomic E-state index is 0.252. The number of hydrogen-bond donors (Lipinski definition) is 0. The fraction of sp³-hybridized carbons (Fsp3) is 0.579. The van der Waals surface area contributed by atoms with Crippen molar-refractivity contribution in [2.24, 2.45) is 0 Å². The Balaban J connectivity index is 1.38. The lowest BCUT2D eigenvalue weighted by Crippen LogP contribution is -2.39. The lowest BCUT2D eigenvalue weighted by molar-refractivity contribution is 0.0243. The summed E-state index contributed by atoms with van der Waals surface area (Å²) in [6.07, 6.45) is 5.44. The lowest BCUT2D eigenvalue weighted by Gasteiger charge is -2.33. The van der Waals surface area contributed by atoms with Crippen molar-refractivity contribution < 1.29 is 14.0 Å². The number of hydrogen-bond acceptors (Lipinski definition) is 6. The van der Waals surface area contributed by atoms with Gasteiger partial charge < -0.3 is 14.0 Å². The predicted molar refractivity (Wildman–Crippen MR) is 91.5 cm³/mol. The van der Waals surface area contributed by atoms with Crippen LogP contribution in [0.4, 0.5) is 0 Å². The molecule has 1 unspecified atom stereocenters. The molecule has 0 N–H and O–H groups in total. The van der Waals surface area contributed by atoms with E-state index in [1.165, 1.54) is 12.0 Å². The average molecular weight is 341 g/mol. The van der Waals surface area contributed by atoms with Gasteiger partial charge in [-0.1, -0.05) is 5.16 Å². The third-order valence-electron chi connectivity index (χ3n) is 5.63. The molecule has 3 aliphatic heterocycles. The van der Waals surface area contributed by atoms with E-state index in [1.807, 2.05) is 12.1 Å². The quantitative estimate of drug-likeness (QED) is 0.855. The summed E-state index contributed by atoms with van der Waals surface area (Å²) in [4.78, 5) is 7.29. The normalized spacial score (nSPS) is 24.4. The molecule has 0 saturated carbocycles. The molecule has 2 aromatic rings. The second kappa shape index (κ2) is 6.42. The fourth-order valence-corrected chi connectivity index (χ4v) is 4.32. The van der Waals surface area contributed by atoms with E-state index < -0.39 is 0 Å². The van der Waals surface area contributed by atoms with Crippen LogP contribution >= 0.6 is 0 Å².